The van der Waals surface area contributed by atoms with Crippen LogP contribution in [0.1, 0.15) is 30.4 Å². The van der Waals surface area contributed by atoms with E-state index in [9.17, 15) is 0 Å². The average molecular weight is 280 g/mol. The Kier molecular flexibility index (Phi) is 3.66. The second-order valence-electron chi connectivity index (χ2n) is 5.37. The molecule has 1 aliphatic carbocycles. The summed E-state index contributed by atoms with van der Waals surface area (Å²) in [6.45, 7) is 0. The molecule has 1 unspecified atom stereocenters. The van der Waals surface area contributed by atoms with Crippen LogP contribution in [0.25, 0.3) is 5.57 Å². The lowest BCUT2D eigenvalue weighted by Crippen LogP contribution is -2.14. The molecule has 1 N–H and O–H groups in total. The Bertz CT molecular complexity index is 649. The molecule has 1 aromatic rings. The Hall–Kier alpha value is -1.92. The van der Waals surface area contributed by atoms with Gasteiger partial charge in [0.05, 0.1) is 11.1 Å². The van der Waals surface area contributed by atoms with Gasteiger partial charge in [-0.05, 0) is 47.5 Å². The largest absolute Gasteiger partial charge is 0.356 e. The summed E-state index contributed by atoms with van der Waals surface area (Å²) in [5.74, 6) is 0.429. The lowest BCUT2D eigenvalue weighted by atomic mass is 9.76. The maximum absolute atomic E-state index is 9.09. The van der Waals surface area contributed by atoms with Crippen molar-refractivity contribution in [3.63, 3.8) is 0 Å². The number of benzene rings is 1. The zero-order chi connectivity index (χ0) is 13.9. The molecule has 1 aromatic carbocycles. The van der Waals surface area contributed by atoms with E-state index in [0.29, 0.717) is 5.92 Å². The number of fused-ring (bicyclic) bond motifs is 1. The van der Waals surface area contributed by atoms with Crippen molar-refractivity contribution in [2.75, 3.05) is 0 Å². The Morgan fingerprint density at radius 1 is 1.40 bits per heavy atom. The van der Waals surface area contributed by atoms with Crippen molar-refractivity contribution < 1.29 is 0 Å². The molecule has 100 valence electrons. The van der Waals surface area contributed by atoms with Gasteiger partial charge in [0, 0.05) is 18.7 Å². The van der Waals surface area contributed by atoms with E-state index < -0.39 is 0 Å². The molecule has 0 saturated carbocycles. The fourth-order valence-electron chi connectivity index (χ4n) is 3.14. The van der Waals surface area contributed by atoms with Crippen molar-refractivity contribution in [1.82, 2.24) is 5.32 Å². The Morgan fingerprint density at radius 3 is 3.00 bits per heavy atom. The number of allylic oxidation sites excluding steroid dienone is 2. The first-order chi connectivity index (χ1) is 9.78. The number of hydrogen-bond donors (Lipinski definition) is 1. The molecule has 2 aliphatic rings. The molecular weight excluding hydrogens is 264 g/mol. The summed E-state index contributed by atoms with van der Waals surface area (Å²) < 4.78 is 0. The van der Waals surface area contributed by atoms with Gasteiger partial charge in [0.15, 0.2) is 0 Å². The van der Waals surface area contributed by atoms with E-state index in [1.165, 1.54) is 22.3 Å². The van der Waals surface area contributed by atoms with E-state index in [4.69, 9.17) is 17.5 Å². The third kappa shape index (κ3) is 2.52. The van der Waals surface area contributed by atoms with Gasteiger partial charge in [-0.2, -0.15) is 5.26 Å². The third-order valence-electron chi connectivity index (χ3n) is 4.08. The average Bonchev–Trinajstić information content (AvgIpc) is 2.87. The van der Waals surface area contributed by atoms with Crippen molar-refractivity contribution in [2.45, 2.75) is 25.7 Å². The van der Waals surface area contributed by atoms with Crippen molar-refractivity contribution in [2.24, 2.45) is 5.92 Å². The minimum absolute atomic E-state index is 0.429. The summed E-state index contributed by atoms with van der Waals surface area (Å²) in [6.07, 6.45) is 7.82. The van der Waals surface area contributed by atoms with Crippen molar-refractivity contribution >= 4 is 22.8 Å². The summed E-state index contributed by atoms with van der Waals surface area (Å²) in [5.41, 5.74) is 5.15. The zero-order valence-corrected chi connectivity index (χ0v) is 12.0. The minimum Gasteiger partial charge on any atom is -0.356 e. The minimum atomic E-state index is 0.429. The van der Waals surface area contributed by atoms with E-state index in [-0.39, 0.29) is 0 Å². The van der Waals surface area contributed by atoms with Crippen LogP contribution < -0.4 is 5.32 Å². The number of hydrogen-bond acceptors (Lipinski definition) is 2. The van der Waals surface area contributed by atoms with E-state index in [0.717, 1.165) is 30.7 Å². The summed E-state index contributed by atoms with van der Waals surface area (Å²) in [6, 6.07) is 10.7. The lowest BCUT2D eigenvalue weighted by Gasteiger charge is -2.27. The molecule has 2 nitrogen and oxygen atoms in total. The Labute approximate surface area is 124 Å². The quantitative estimate of drug-likeness (QED) is 0.662. The highest BCUT2D eigenvalue weighted by molar-refractivity contribution is 7.80. The van der Waals surface area contributed by atoms with E-state index in [1.54, 1.807) is 6.08 Å². The summed E-state index contributed by atoms with van der Waals surface area (Å²) in [7, 11) is 0. The number of nitrogens with zero attached hydrogens (tertiary/aromatic N) is 1. The van der Waals surface area contributed by atoms with E-state index in [1.807, 2.05) is 6.20 Å². The fraction of sp³-hybridized carbons (Fsp3) is 0.294. The van der Waals surface area contributed by atoms with Gasteiger partial charge in [-0.3, -0.25) is 0 Å². The molecule has 0 aromatic heterocycles. The number of thiocarbonyl (C=S) groups is 1. The van der Waals surface area contributed by atoms with Crippen LogP contribution in [0.3, 0.4) is 0 Å². The Morgan fingerprint density at radius 2 is 2.25 bits per heavy atom. The first-order valence-corrected chi connectivity index (χ1v) is 7.34. The molecule has 1 atom stereocenters. The fourth-order valence-corrected chi connectivity index (χ4v) is 3.38. The van der Waals surface area contributed by atoms with Crippen LogP contribution in [-0.2, 0) is 6.42 Å². The lowest BCUT2D eigenvalue weighted by molar-refractivity contribution is 0.582. The molecule has 1 heterocycles. The van der Waals surface area contributed by atoms with Crippen molar-refractivity contribution in [1.29, 1.82) is 5.26 Å². The standard InChI is InChI=1S/C17H16N2S/c18-8-7-16-14(9-12-10-17(20)19-11-12)6-5-13-3-1-2-4-15(13)16/h1-4,7,11,14H,5-6,9-10H2,(H,19,20)/b16-7+. The van der Waals surface area contributed by atoms with E-state index in [2.05, 4.69) is 35.7 Å². The summed E-state index contributed by atoms with van der Waals surface area (Å²) in [5, 5.41) is 12.2. The molecule has 1 aliphatic heterocycles. The van der Waals surface area contributed by atoms with Crippen LogP contribution in [-0.4, -0.2) is 4.99 Å². The molecule has 3 rings (SSSR count). The maximum atomic E-state index is 9.09. The predicted octanol–water partition coefficient (Wildman–Crippen LogP) is 3.75. The predicted molar refractivity (Wildman–Crippen MR) is 84.9 cm³/mol. The first-order valence-electron chi connectivity index (χ1n) is 6.93. The monoisotopic (exact) mass is 280 g/mol. The first kappa shape index (κ1) is 13.1. The van der Waals surface area contributed by atoms with Crippen LogP contribution >= 0.6 is 12.2 Å². The summed E-state index contributed by atoms with van der Waals surface area (Å²) >= 11 is 5.18. The SMILES string of the molecule is N#C/C=C1/c2ccccc2CCC1CC1=CNC(=S)C1. The number of nitrogens with one attached hydrogen (secondary N) is 1. The van der Waals surface area contributed by atoms with Gasteiger partial charge < -0.3 is 5.32 Å². The van der Waals surface area contributed by atoms with Gasteiger partial charge in [0.25, 0.3) is 0 Å². The Balaban J connectivity index is 1.88. The van der Waals surface area contributed by atoms with Crippen LogP contribution in [0.5, 0.6) is 0 Å². The van der Waals surface area contributed by atoms with Gasteiger partial charge >= 0.3 is 0 Å². The number of rotatable bonds is 2. The maximum Gasteiger partial charge on any atom is 0.0915 e. The number of aryl methyl sites for hydroxylation is 1. The van der Waals surface area contributed by atoms with Gasteiger partial charge in [-0.1, -0.05) is 36.5 Å². The van der Waals surface area contributed by atoms with Gasteiger partial charge in [0.2, 0.25) is 0 Å². The van der Waals surface area contributed by atoms with Crippen molar-refractivity contribution in [3.8, 4) is 6.07 Å². The van der Waals surface area contributed by atoms with Crippen LogP contribution in [0.2, 0.25) is 0 Å². The smallest absolute Gasteiger partial charge is 0.0915 e. The van der Waals surface area contributed by atoms with Crippen LogP contribution in [0.4, 0.5) is 0 Å². The molecule has 0 spiro atoms. The molecule has 3 heteroatoms. The molecular formula is C17H16N2S. The topological polar surface area (TPSA) is 35.8 Å². The molecule has 0 radical (unpaired) electrons. The van der Waals surface area contributed by atoms with Crippen molar-refractivity contribution in [3.05, 3.63) is 53.2 Å². The molecule has 0 bridgehead atoms. The van der Waals surface area contributed by atoms with E-state index >= 15 is 0 Å². The molecule has 0 amide bonds. The second kappa shape index (κ2) is 5.60. The molecule has 20 heavy (non-hydrogen) atoms. The second-order valence-corrected chi connectivity index (χ2v) is 5.87. The zero-order valence-electron chi connectivity index (χ0n) is 11.2. The summed E-state index contributed by atoms with van der Waals surface area (Å²) in [4.78, 5) is 0.905. The highest BCUT2D eigenvalue weighted by atomic mass is 32.1. The van der Waals surface area contributed by atoms with Gasteiger partial charge in [0.1, 0.15) is 0 Å². The van der Waals surface area contributed by atoms with Gasteiger partial charge in [-0.25, -0.2) is 0 Å². The van der Waals surface area contributed by atoms with Crippen LogP contribution in [0.15, 0.2) is 42.1 Å². The number of nitriles is 1. The normalized spacial score (nSPS) is 22.9. The van der Waals surface area contributed by atoms with Crippen LogP contribution in [0, 0.1) is 17.2 Å². The highest BCUT2D eigenvalue weighted by Crippen LogP contribution is 2.39. The molecule has 0 fully saturated rings. The third-order valence-corrected chi connectivity index (χ3v) is 4.35. The highest BCUT2D eigenvalue weighted by Gasteiger charge is 2.25. The van der Waals surface area contributed by atoms with Gasteiger partial charge in [-0.15, -0.1) is 0 Å². The molecule has 0 saturated heterocycles.